The number of nitrogens with zero attached hydrogens (tertiary/aromatic N) is 1. The number of H-pyrrole nitrogens is 1. The minimum atomic E-state index is -0.0429. The topological polar surface area (TPSA) is 29.9 Å². The van der Waals surface area contributed by atoms with E-state index >= 15 is 0 Å². The second-order valence-corrected chi connectivity index (χ2v) is 5.82. The van der Waals surface area contributed by atoms with Crippen LogP contribution in [0.5, 0.6) is 5.75 Å². The molecule has 3 nitrogen and oxygen atoms in total. The maximum atomic E-state index is 5.76. The van der Waals surface area contributed by atoms with E-state index in [1.807, 2.05) is 12.1 Å². The Labute approximate surface area is 113 Å². The second kappa shape index (κ2) is 4.76. The first-order valence-corrected chi connectivity index (χ1v) is 6.73. The van der Waals surface area contributed by atoms with Gasteiger partial charge >= 0.3 is 0 Å². The Morgan fingerprint density at radius 1 is 1.33 bits per heavy atom. The van der Waals surface area contributed by atoms with Gasteiger partial charge in [-0.2, -0.15) is 0 Å². The highest BCUT2D eigenvalue weighted by Crippen LogP contribution is 2.29. The lowest BCUT2D eigenvalue weighted by Crippen LogP contribution is -2.21. The van der Waals surface area contributed by atoms with E-state index in [9.17, 15) is 0 Å². The molecule has 0 unspecified atom stereocenters. The molecule has 1 aromatic heterocycles. The maximum absolute atomic E-state index is 5.76. The molecule has 0 saturated carbocycles. The fraction of sp³-hybridized carbons (Fsp3) is 0.500. The first-order chi connectivity index (χ1) is 8.45. The minimum absolute atomic E-state index is 0.0429. The molecule has 0 fully saturated rings. The Morgan fingerprint density at radius 2 is 2.06 bits per heavy atom. The maximum Gasteiger partial charge on any atom is 0.178 e. The number of ether oxygens (including phenoxy) is 1. The number of hydrogen-bond donors (Lipinski definition) is 1. The van der Waals surface area contributed by atoms with Crippen molar-refractivity contribution in [3.63, 3.8) is 0 Å². The number of imidazole rings is 1. The average molecular weight is 264 g/mol. The van der Waals surface area contributed by atoms with E-state index < -0.39 is 0 Å². The van der Waals surface area contributed by atoms with Crippen molar-refractivity contribution in [2.75, 3.05) is 6.61 Å². The predicted octanol–water partition coefficient (Wildman–Crippen LogP) is 4.24. The number of aromatic nitrogens is 2. The molecule has 0 amide bonds. The predicted molar refractivity (Wildman–Crippen MR) is 77.9 cm³/mol. The summed E-state index contributed by atoms with van der Waals surface area (Å²) < 4.78 is 8.63. The van der Waals surface area contributed by atoms with Crippen molar-refractivity contribution in [3.8, 4) is 5.75 Å². The number of nitrogens with one attached hydrogen (secondary N) is 1. The third-order valence-corrected chi connectivity index (χ3v) is 3.10. The Balaban J connectivity index is 2.64. The molecule has 0 aliphatic rings. The van der Waals surface area contributed by atoms with Crippen molar-refractivity contribution in [1.82, 2.24) is 9.55 Å². The smallest absolute Gasteiger partial charge is 0.178 e. The zero-order valence-electron chi connectivity index (χ0n) is 11.4. The third kappa shape index (κ3) is 2.29. The number of aromatic amines is 1. The summed E-state index contributed by atoms with van der Waals surface area (Å²) in [6.45, 7) is 9.27. The van der Waals surface area contributed by atoms with Gasteiger partial charge in [0.05, 0.1) is 12.1 Å². The van der Waals surface area contributed by atoms with Gasteiger partial charge in [0.2, 0.25) is 0 Å². The van der Waals surface area contributed by atoms with Gasteiger partial charge in [-0.25, -0.2) is 0 Å². The summed E-state index contributed by atoms with van der Waals surface area (Å²) >= 11 is 5.43. The number of rotatable bonds is 3. The zero-order chi connectivity index (χ0) is 13.3. The van der Waals surface area contributed by atoms with Crippen LogP contribution in [0.15, 0.2) is 18.2 Å². The van der Waals surface area contributed by atoms with Gasteiger partial charge in [-0.05, 0) is 51.5 Å². The van der Waals surface area contributed by atoms with Crippen LogP contribution in [-0.2, 0) is 5.54 Å². The van der Waals surface area contributed by atoms with Crippen LogP contribution in [0.25, 0.3) is 11.0 Å². The standard InChI is InChI=1S/C14H20N2OS/c1-5-9-17-11-8-6-7-10-12(11)15-13(18)16(10)14(2,3)4/h6-8H,5,9H2,1-4H3,(H,15,18). The molecule has 2 aromatic rings. The van der Waals surface area contributed by atoms with E-state index in [1.165, 1.54) is 0 Å². The van der Waals surface area contributed by atoms with E-state index in [-0.39, 0.29) is 5.54 Å². The van der Waals surface area contributed by atoms with Gasteiger partial charge in [0.15, 0.2) is 4.77 Å². The monoisotopic (exact) mass is 264 g/mol. The number of hydrogen-bond acceptors (Lipinski definition) is 2. The lowest BCUT2D eigenvalue weighted by molar-refractivity contribution is 0.320. The molecule has 0 aliphatic carbocycles. The lowest BCUT2D eigenvalue weighted by Gasteiger charge is -2.21. The summed E-state index contributed by atoms with van der Waals surface area (Å²) in [5.41, 5.74) is 2.05. The number of benzene rings is 1. The molecule has 18 heavy (non-hydrogen) atoms. The first kappa shape index (κ1) is 13.1. The van der Waals surface area contributed by atoms with Gasteiger partial charge in [0, 0.05) is 5.54 Å². The van der Waals surface area contributed by atoms with Crippen molar-refractivity contribution >= 4 is 23.3 Å². The first-order valence-electron chi connectivity index (χ1n) is 6.32. The SMILES string of the molecule is CCCOc1cccc2c1[nH]c(=S)n2C(C)(C)C. The van der Waals surface area contributed by atoms with Gasteiger partial charge in [0.1, 0.15) is 11.3 Å². The summed E-state index contributed by atoms with van der Waals surface area (Å²) in [5, 5.41) is 0. The fourth-order valence-corrected chi connectivity index (χ4v) is 2.58. The van der Waals surface area contributed by atoms with Crippen molar-refractivity contribution in [1.29, 1.82) is 0 Å². The van der Waals surface area contributed by atoms with Crippen LogP contribution in [0.1, 0.15) is 34.1 Å². The van der Waals surface area contributed by atoms with Crippen LogP contribution < -0.4 is 4.74 Å². The van der Waals surface area contributed by atoms with Crippen molar-refractivity contribution < 1.29 is 4.74 Å². The van der Waals surface area contributed by atoms with Crippen molar-refractivity contribution in [2.45, 2.75) is 39.7 Å². The van der Waals surface area contributed by atoms with Gasteiger partial charge < -0.3 is 14.3 Å². The van der Waals surface area contributed by atoms with E-state index in [0.29, 0.717) is 0 Å². The molecule has 0 saturated heterocycles. The largest absolute Gasteiger partial charge is 0.491 e. The molecule has 1 aromatic carbocycles. The molecule has 0 bridgehead atoms. The fourth-order valence-electron chi connectivity index (χ4n) is 2.10. The third-order valence-electron chi connectivity index (χ3n) is 2.81. The molecule has 0 spiro atoms. The highest BCUT2D eigenvalue weighted by molar-refractivity contribution is 7.71. The Bertz CT molecular complexity index is 604. The molecule has 0 radical (unpaired) electrons. The van der Waals surface area contributed by atoms with Crippen LogP contribution in [0, 0.1) is 4.77 Å². The number of para-hydroxylation sites is 1. The molecule has 1 N–H and O–H groups in total. The quantitative estimate of drug-likeness (QED) is 0.840. The Morgan fingerprint density at radius 3 is 2.67 bits per heavy atom. The van der Waals surface area contributed by atoms with E-state index in [1.54, 1.807) is 0 Å². The Kier molecular flexibility index (Phi) is 3.48. The molecule has 98 valence electrons. The van der Waals surface area contributed by atoms with E-state index in [4.69, 9.17) is 17.0 Å². The summed E-state index contributed by atoms with van der Waals surface area (Å²) in [6.07, 6.45) is 0.997. The lowest BCUT2D eigenvalue weighted by atomic mass is 10.1. The summed E-state index contributed by atoms with van der Waals surface area (Å²) in [5.74, 6) is 0.878. The van der Waals surface area contributed by atoms with E-state index in [2.05, 4.69) is 43.3 Å². The van der Waals surface area contributed by atoms with Crippen LogP contribution in [0.4, 0.5) is 0 Å². The highest BCUT2D eigenvalue weighted by atomic mass is 32.1. The highest BCUT2D eigenvalue weighted by Gasteiger charge is 2.19. The summed E-state index contributed by atoms with van der Waals surface area (Å²) in [7, 11) is 0. The molecule has 4 heteroatoms. The molecule has 0 atom stereocenters. The molecule has 1 heterocycles. The molecular formula is C14H20N2OS. The van der Waals surface area contributed by atoms with Crippen LogP contribution in [0.2, 0.25) is 0 Å². The van der Waals surface area contributed by atoms with E-state index in [0.717, 1.165) is 34.6 Å². The average Bonchev–Trinajstić information content (AvgIpc) is 2.62. The van der Waals surface area contributed by atoms with Gasteiger partial charge in [-0.15, -0.1) is 0 Å². The molecule has 0 aliphatic heterocycles. The summed E-state index contributed by atoms with van der Waals surface area (Å²) in [4.78, 5) is 3.26. The number of fused-ring (bicyclic) bond motifs is 1. The second-order valence-electron chi connectivity index (χ2n) is 5.44. The van der Waals surface area contributed by atoms with Gasteiger partial charge in [-0.3, -0.25) is 0 Å². The van der Waals surface area contributed by atoms with Gasteiger partial charge in [-0.1, -0.05) is 13.0 Å². The normalized spacial score (nSPS) is 12.0. The molecule has 2 rings (SSSR count). The van der Waals surface area contributed by atoms with Crippen molar-refractivity contribution in [3.05, 3.63) is 23.0 Å². The van der Waals surface area contributed by atoms with Crippen LogP contribution >= 0.6 is 12.2 Å². The minimum Gasteiger partial charge on any atom is -0.491 e. The zero-order valence-corrected chi connectivity index (χ0v) is 12.2. The van der Waals surface area contributed by atoms with Gasteiger partial charge in [0.25, 0.3) is 0 Å². The van der Waals surface area contributed by atoms with Crippen molar-refractivity contribution in [2.24, 2.45) is 0 Å². The molecular weight excluding hydrogens is 244 g/mol. The van der Waals surface area contributed by atoms with Crippen LogP contribution in [-0.4, -0.2) is 16.2 Å². The summed E-state index contributed by atoms with van der Waals surface area (Å²) in [6, 6.07) is 6.07. The van der Waals surface area contributed by atoms with Crippen LogP contribution in [0.3, 0.4) is 0 Å². The Hall–Kier alpha value is -1.29.